The van der Waals surface area contributed by atoms with E-state index in [-0.39, 0.29) is 11.8 Å². The van der Waals surface area contributed by atoms with Gasteiger partial charge in [0.2, 0.25) is 0 Å². The van der Waals surface area contributed by atoms with E-state index in [1.54, 1.807) is 0 Å². The summed E-state index contributed by atoms with van der Waals surface area (Å²) in [6, 6.07) is 18.2. The molecule has 5 heteroatoms. The van der Waals surface area contributed by atoms with Crippen LogP contribution in [-0.4, -0.2) is 48.4 Å². The molecule has 1 atom stereocenters. The Morgan fingerprint density at radius 2 is 1.77 bits per heavy atom. The minimum Gasteiger partial charge on any atom is -0.336 e. The molecule has 3 rings (SSSR count). The van der Waals surface area contributed by atoms with Crippen LogP contribution in [0.3, 0.4) is 0 Å². The molecule has 1 fully saturated rings. The van der Waals surface area contributed by atoms with Gasteiger partial charge in [-0.15, -0.1) is 0 Å². The summed E-state index contributed by atoms with van der Waals surface area (Å²) < 4.78 is 0. The van der Waals surface area contributed by atoms with Gasteiger partial charge in [-0.05, 0) is 23.3 Å². The molecule has 0 N–H and O–H groups in total. The smallest absolute Gasteiger partial charge is 0.254 e. The van der Waals surface area contributed by atoms with E-state index in [0.717, 1.165) is 29.4 Å². The van der Waals surface area contributed by atoms with Crippen molar-refractivity contribution in [2.24, 2.45) is 5.92 Å². The van der Waals surface area contributed by atoms with Crippen molar-refractivity contribution in [1.82, 2.24) is 9.80 Å². The van der Waals surface area contributed by atoms with Gasteiger partial charge in [-0.3, -0.25) is 9.69 Å². The predicted molar refractivity (Wildman–Crippen MR) is 100 cm³/mol. The number of rotatable bonds is 5. The summed E-state index contributed by atoms with van der Waals surface area (Å²) in [5, 5.41) is 20.0. The summed E-state index contributed by atoms with van der Waals surface area (Å²) in [7, 11) is 0. The van der Waals surface area contributed by atoms with Crippen LogP contribution in [0.4, 0.5) is 0 Å². The fourth-order valence-corrected chi connectivity index (χ4v) is 3.46. The molecular formula is C21H22N4O. The molecule has 0 radical (unpaired) electrons. The average Bonchev–Trinajstić information content (AvgIpc) is 2.70. The number of fused-ring (bicyclic) bond motifs is 1. The van der Waals surface area contributed by atoms with Crippen molar-refractivity contribution < 1.29 is 4.79 Å². The molecule has 132 valence electrons. The van der Waals surface area contributed by atoms with Crippen LogP contribution < -0.4 is 0 Å². The highest BCUT2D eigenvalue weighted by Crippen LogP contribution is 2.21. The zero-order valence-electron chi connectivity index (χ0n) is 14.8. The predicted octanol–water partition coefficient (Wildman–Crippen LogP) is 3.04. The van der Waals surface area contributed by atoms with Crippen LogP contribution in [0.2, 0.25) is 0 Å². The molecule has 0 bridgehead atoms. The minimum atomic E-state index is -0.116. The first kappa shape index (κ1) is 17.9. The van der Waals surface area contributed by atoms with E-state index in [1.807, 2.05) is 47.4 Å². The standard InChI is InChI=1S/C21H22N4O/c22-10-4-5-17(15-23)16-24-11-13-25(14-12-24)21(26)20-9-3-7-18-6-1-2-8-19(18)20/h1-3,6-9,17H,4-5,11-14,16H2. The molecule has 1 aliphatic rings. The number of hydrogen-bond acceptors (Lipinski definition) is 4. The lowest BCUT2D eigenvalue weighted by molar-refractivity contribution is 0.0627. The van der Waals surface area contributed by atoms with Crippen LogP contribution in [0.25, 0.3) is 10.8 Å². The van der Waals surface area contributed by atoms with E-state index < -0.39 is 0 Å². The number of piperazine rings is 1. The number of hydrogen-bond donors (Lipinski definition) is 0. The Kier molecular flexibility index (Phi) is 5.84. The second-order valence-corrected chi connectivity index (χ2v) is 6.64. The van der Waals surface area contributed by atoms with Gasteiger partial charge in [0.1, 0.15) is 0 Å². The van der Waals surface area contributed by atoms with Crippen molar-refractivity contribution in [2.45, 2.75) is 12.8 Å². The monoisotopic (exact) mass is 346 g/mol. The SMILES string of the molecule is N#CCCC(C#N)CN1CCN(C(=O)c2cccc3ccccc23)CC1. The number of benzene rings is 2. The van der Waals surface area contributed by atoms with Crippen LogP contribution in [0, 0.1) is 28.6 Å². The molecule has 1 unspecified atom stereocenters. The Balaban J connectivity index is 1.62. The summed E-state index contributed by atoms with van der Waals surface area (Å²) in [5.74, 6) is -0.0438. The van der Waals surface area contributed by atoms with Crippen molar-refractivity contribution in [3.05, 3.63) is 48.0 Å². The van der Waals surface area contributed by atoms with Crippen LogP contribution in [0.15, 0.2) is 42.5 Å². The van der Waals surface area contributed by atoms with Gasteiger partial charge >= 0.3 is 0 Å². The first-order valence-corrected chi connectivity index (χ1v) is 8.99. The molecule has 0 saturated carbocycles. The molecular weight excluding hydrogens is 324 g/mol. The maximum Gasteiger partial charge on any atom is 0.254 e. The largest absolute Gasteiger partial charge is 0.336 e. The third kappa shape index (κ3) is 4.02. The molecule has 5 nitrogen and oxygen atoms in total. The number of nitrogens with zero attached hydrogens (tertiary/aromatic N) is 4. The van der Waals surface area contributed by atoms with Crippen molar-refractivity contribution in [2.75, 3.05) is 32.7 Å². The van der Waals surface area contributed by atoms with E-state index in [1.165, 1.54) is 0 Å². The normalized spacial score (nSPS) is 16.0. The maximum absolute atomic E-state index is 13.0. The molecule has 0 aromatic heterocycles. The Morgan fingerprint density at radius 1 is 1.04 bits per heavy atom. The fraction of sp³-hybridized carbons (Fsp3) is 0.381. The molecule has 1 saturated heterocycles. The zero-order chi connectivity index (χ0) is 18.4. The van der Waals surface area contributed by atoms with Crippen LogP contribution >= 0.6 is 0 Å². The lowest BCUT2D eigenvalue weighted by atomic mass is 10.0. The Morgan fingerprint density at radius 3 is 2.50 bits per heavy atom. The first-order valence-electron chi connectivity index (χ1n) is 8.99. The van der Waals surface area contributed by atoms with Crippen LogP contribution in [-0.2, 0) is 0 Å². The van der Waals surface area contributed by atoms with Gasteiger partial charge in [-0.25, -0.2) is 0 Å². The number of nitriles is 2. The van der Waals surface area contributed by atoms with Gasteiger partial charge in [0.25, 0.3) is 5.91 Å². The Labute approximate surface area is 154 Å². The van der Waals surface area contributed by atoms with Crippen molar-refractivity contribution in [3.8, 4) is 12.1 Å². The molecule has 0 aliphatic carbocycles. The molecule has 1 heterocycles. The van der Waals surface area contributed by atoms with Crippen LogP contribution in [0.5, 0.6) is 0 Å². The Bertz CT molecular complexity index is 851. The van der Waals surface area contributed by atoms with Gasteiger partial charge in [-0.1, -0.05) is 36.4 Å². The average molecular weight is 346 g/mol. The molecule has 2 aromatic carbocycles. The van der Waals surface area contributed by atoms with E-state index >= 15 is 0 Å². The van der Waals surface area contributed by atoms with Crippen molar-refractivity contribution >= 4 is 16.7 Å². The van der Waals surface area contributed by atoms with Gasteiger partial charge in [-0.2, -0.15) is 10.5 Å². The van der Waals surface area contributed by atoms with Crippen molar-refractivity contribution in [3.63, 3.8) is 0 Å². The highest BCUT2D eigenvalue weighted by atomic mass is 16.2. The molecule has 26 heavy (non-hydrogen) atoms. The minimum absolute atomic E-state index is 0.0720. The fourth-order valence-electron chi connectivity index (χ4n) is 3.46. The first-order chi connectivity index (χ1) is 12.7. The topological polar surface area (TPSA) is 71.1 Å². The summed E-state index contributed by atoms with van der Waals surface area (Å²) in [6.07, 6.45) is 1.03. The second kappa shape index (κ2) is 8.47. The number of amides is 1. The van der Waals surface area contributed by atoms with E-state index in [9.17, 15) is 10.1 Å². The van der Waals surface area contributed by atoms with Gasteiger partial charge in [0.15, 0.2) is 0 Å². The molecule has 1 amide bonds. The lowest BCUT2D eigenvalue weighted by Gasteiger charge is -2.35. The summed E-state index contributed by atoms with van der Waals surface area (Å²) >= 11 is 0. The number of carbonyl (C=O) groups is 1. The second-order valence-electron chi connectivity index (χ2n) is 6.64. The quantitative estimate of drug-likeness (QED) is 0.834. The molecule has 1 aliphatic heterocycles. The number of carbonyl (C=O) groups excluding carboxylic acids is 1. The van der Waals surface area contributed by atoms with E-state index in [2.05, 4.69) is 17.0 Å². The van der Waals surface area contributed by atoms with Crippen molar-refractivity contribution in [1.29, 1.82) is 10.5 Å². The van der Waals surface area contributed by atoms with Crippen LogP contribution in [0.1, 0.15) is 23.2 Å². The highest BCUT2D eigenvalue weighted by molar-refractivity contribution is 6.07. The van der Waals surface area contributed by atoms with Gasteiger partial charge in [0.05, 0.1) is 18.1 Å². The lowest BCUT2D eigenvalue weighted by Crippen LogP contribution is -2.49. The summed E-state index contributed by atoms with van der Waals surface area (Å²) in [5.41, 5.74) is 0.750. The third-order valence-corrected chi connectivity index (χ3v) is 4.95. The zero-order valence-corrected chi connectivity index (χ0v) is 14.8. The Hall–Kier alpha value is -2.89. The van der Waals surface area contributed by atoms with E-state index in [4.69, 9.17) is 5.26 Å². The highest BCUT2D eigenvalue weighted by Gasteiger charge is 2.24. The summed E-state index contributed by atoms with van der Waals surface area (Å²) in [4.78, 5) is 17.1. The molecule has 2 aromatic rings. The van der Waals surface area contributed by atoms with Gasteiger partial charge < -0.3 is 4.90 Å². The molecule has 0 spiro atoms. The maximum atomic E-state index is 13.0. The summed E-state index contributed by atoms with van der Waals surface area (Å²) in [6.45, 7) is 3.54. The third-order valence-electron chi connectivity index (χ3n) is 4.95. The van der Waals surface area contributed by atoms with E-state index in [0.29, 0.717) is 32.5 Å². The van der Waals surface area contributed by atoms with Gasteiger partial charge in [0, 0.05) is 44.7 Å².